The van der Waals surface area contributed by atoms with E-state index in [0.29, 0.717) is 5.39 Å². The Bertz CT molecular complexity index is 1090. The number of hydrogen-bond acceptors (Lipinski definition) is 7. The summed E-state index contributed by atoms with van der Waals surface area (Å²) in [6.45, 7) is 0. The Balaban J connectivity index is 2.23. The van der Waals surface area contributed by atoms with Gasteiger partial charge >= 0.3 is 11.7 Å². The van der Waals surface area contributed by atoms with Crippen LogP contribution in [0.3, 0.4) is 0 Å². The molecule has 9 heteroatoms. The number of fused-ring (bicyclic) bond motifs is 1. The predicted octanol–water partition coefficient (Wildman–Crippen LogP) is 2.09. The van der Waals surface area contributed by atoms with Crippen LogP contribution in [-0.2, 0) is 4.74 Å². The number of nitrogens with zero attached hydrogens (tertiary/aromatic N) is 3. The van der Waals surface area contributed by atoms with Gasteiger partial charge in [-0.2, -0.15) is 0 Å². The van der Waals surface area contributed by atoms with E-state index < -0.39 is 16.5 Å². The third-order valence-electron chi connectivity index (χ3n) is 3.78. The maximum Gasteiger partial charge on any atom is 0.356 e. The van der Waals surface area contributed by atoms with E-state index >= 15 is 0 Å². The van der Waals surface area contributed by atoms with Crippen molar-refractivity contribution in [1.29, 1.82) is 0 Å². The number of ether oxygens (including phenoxy) is 2. The van der Waals surface area contributed by atoms with Gasteiger partial charge in [-0.05, 0) is 29.7 Å². The Morgan fingerprint density at radius 1 is 1.23 bits per heavy atom. The number of methoxy groups -OCH3 is 2. The zero-order valence-electron chi connectivity index (χ0n) is 13.8. The molecule has 26 heavy (non-hydrogen) atoms. The molecule has 2 heterocycles. The first-order valence-corrected chi connectivity index (χ1v) is 7.40. The van der Waals surface area contributed by atoms with Gasteiger partial charge in [0.05, 0.1) is 24.5 Å². The van der Waals surface area contributed by atoms with E-state index in [4.69, 9.17) is 4.74 Å². The molecular weight excluding hydrogens is 342 g/mol. The summed E-state index contributed by atoms with van der Waals surface area (Å²) in [5, 5.41) is 11.8. The van der Waals surface area contributed by atoms with Crippen molar-refractivity contribution in [2.45, 2.75) is 0 Å². The lowest BCUT2D eigenvalue weighted by molar-refractivity contribution is -0.385. The van der Waals surface area contributed by atoms with Crippen molar-refractivity contribution in [2.24, 2.45) is 0 Å². The maximum absolute atomic E-state index is 12.8. The van der Waals surface area contributed by atoms with Crippen molar-refractivity contribution in [3.63, 3.8) is 0 Å². The van der Waals surface area contributed by atoms with Gasteiger partial charge in [-0.15, -0.1) is 0 Å². The number of carbonyl (C=O) groups is 1. The van der Waals surface area contributed by atoms with Crippen LogP contribution in [0.1, 0.15) is 10.5 Å². The van der Waals surface area contributed by atoms with Crippen molar-refractivity contribution in [3.05, 3.63) is 68.8 Å². The molecule has 9 nitrogen and oxygen atoms in total. The summed E-state index contributed by atoms with van der Waals surface area (Å²) in [5.74, 6) is -0.384. The lowest BCUT2D eigenvalue weighted by Gasteiger charge is -2.09. The first-order valence-electron chi connectivity index (χ1n) is 7.40. The quantitative estimate of drug-likeness (QED) is 0.400. The second-order valence-electron chi connectivity index (χ2n) is 5.23. The molecule has 0 unspecified atom stereocenters. The zero-order chi connectivity index (χ0) is 18.8. The highest BCUT2D eigenvalue weighted by Gasteiger charge is 2.18. The van der Waals surface area contributed by atoms with Crippen LogP contribution in [0.5, 0.6) is 5.75 Å². The zero-order valence-corrected chi connectivity index (χ0v) is 13.8. The molecule has 0 aliphatic carbocycles. The normalized spacial score (nSPS) is 10.5. The molecule has 0 spiro atoms. The van der Waals surface area contributed by atoms with E-state index in [1.807, 2.05) is 0 Å². The second-order valence-corrected chi connectivity index (χ2v) is 5.23. The van der Waals surface area contributed by atoms with Crippen LogP contribution in [0.25, 0.3) is 16.6 Å². The molecule has 1 aromatic carbocycles. The van der Waals surface area contributed by atoms with Crippen molar-refractivity contribution < 1.29 is 19.2 Å². The SMILES string of the molecule is COC(=O)c1cccc(-n2ccc3cc(OC)c([N+](=O)[O-])cc3c2=O)n1. The van der Waals surface area contributed by atoms with Crippen molar-refractivity contribution >= 4 is 22.4 Å². The van der Waals surface area contributed by atoms with Crippen molar-refractivity contribution in [1.82, 2.24) is 9.55 Å². The van der Waals surface area contributed by atoms with Crippen LogP contribution in [0.15, 0.2) is 47.4 Å². The number of nitro benzene ring substituents is 1. The first kappa shape index (κ1) is 17.1. The topological polar surface area (TPSA) is 114 Å². The van der Waals surface area contributed by atoms with Crippen LogP contribution in [-0.4, -0.2) is 34.7 Å². The Kier molecular flexibility index (Phi) is 4.36. The van der Waals surface area contributed by atoms with Crippen LogP contribution in [0.2, 0.25) is 0 Å². The fourth-order valence-electron chi connectivity index (χ4n) is 2.52. The monoisotopic (exact) mass is 355 g/mol. The summed E-state index contributed by atoms with van der Waals surface area (Å²) < 4.78 is 10.8. The Morgan fingerprint density at radius 3 is 2.65 bits per heavy atom. The van der Waals surface area contributed by atoms with E-state index in [1.54, 1.807) is 12.1 Å². The van der Waals surface area contributed by atoms with Crippen molar-refractivity contribution in [2.75, 3.05) is 14.2 Å². The molecule has 0 aliphatic rings. The molecular formula is C17H13N3O6. The number of rotatable bonds is 4. The summed E-state index contributed by atoms with van der Waals surface area (Å²) in [5.41, 5.74) is -0.786. The van der Waals surface area contributed by atoms with E-state index in [1.165, 1.54) is 43.2 Å². The predicted molar refractivity (Wildman–Crippen MR) is 91.9 cm³/mol. The largest absolute Gasteiger partial charge is 0.490 e. The number of hydrogen-bond donors (Lipinski definition) is 0. The Labute approximate surface area is 146 Å². The highest BCUT2D eigenvalue weighted by atomic mass is 16.6. The van der Waals surface area contributed by atoms with Gasteiger partial charge in [0, 0.05) is 12.3 Å². The van der Waals surface area contributed by atoms with E-state index in [0.717, 1.165) is 6.07 Å². The Hall–Kier alpha value is -3.75. The van der Waals surface area contributed by atoms with E-state index in [-0.39, 0.29) is 28.3 Å². The van der Waals surface area contributed by atoms with Crippen LogP contribution >= 0.6 is 0 Å². The van der Waals surface area contributed by atoms with Gasteiger partial charge in [-0.25, -0.2) is 9.78 Å². The Morgan fingerprint density at radius 2 is 2.00 bits per heavy atom. The molecule has 0 radical (unpaired) electrons. The minimum atomic E-state index is -0.638. The molecule has 0 saturated heterocycles. The molecule has 0 N–H and O–H groups in total. The molecule has 0 atom stereocenters. The van der Waals surface area contributed by atoms with Gasteiger partial charge in [-0.1, -0.05) is 6.07 Å². The summed E-state index contributed by atoms with van der Waals surface area (Å²) in [6.07, 6.45) is 1.47. The standard InChI is InChI=1S/C17H13N3O6/c1-25-14-8-10-6-7-19(16(21)11(10)9-13(14)20(23)24)15-5-3-4-12(18-15)17(22)26-2/h3-9H,1-2H3. The molecule has 3 rings (SSSR count). The summed E-state index contributed by atoms with van der Waals surface area (Å²) in [6, 6.07) is 8.75. The van der Waals surface area contributed by atoms with Crippen LogP contribution in [0.4, 0.5) is 5.69 Å². The average molecular weight is 355 g/mol. The fourth-order valence-corrected chi connectivity index (χ4v) is 2.52. The lowest BCUT2D eigenvalue weighted by atomic mass is 10.1. The molecule has 132 valence electrons. The number of aromatic nitrogens is 2. The molecule has 0 amide bonds. The molecule has 0 saturated carbocycles. The molecule has 0 bridgehead atoms. The average Bonchev–Trinajstić information content (AvgIpc) is 2.66. The van der Waals surface area contributed by atoms with Gasteiger partial charge in [0.15, 0.2) is 11.4 Å². The van der Waals surface area contributed by atoms with Gasteiger partial charge in [0.2, 0.25) is 0 Å². The molecule has 2 aromatic heterocycles. The van der Waals surface area contributed by atoms with Crippen LogP contribution < -0.4 is 10.3 Å². The van der Waals surface area contributed by atoms with E-state index in [9.17, 15) is 19.7 Å². The number of pyridine rings is 2. The third kappa shape index (κ3) is 2.86. The summed E-state index contributed by atoms with van der Waals surface area (Å²) >= 11 is 0. The summed E-state index contributed by atoms with van der Waals surface area (Å²) in [7, 11) is 2.54. The van der Waals surface area contributed by atoms with Gasteiger partial charge in [-0.3, -0.25) is 19.5 Å². The highest BCUT2D eigenvalue weighted by Crippen LogP contribution is 2.30. The smallest absolute Gasteiger partial charge is 0.356 e. The van der Waals surface area contributed by atoms with E-state index in [2.05, 4.69) is 9.72 Å². The third-order valence-corrected chi connectivity index (χ3v) is 3.78. The van der Waals surface area contributed by atoms with Crippen LogP contribution in [0, 0.1) is 10.1 Å². The number of benzene rings is 1. The minimum absolute atomic E-state index is 0.0395. The molecule has 0 fully saturated rings. The lowest BCUT2D eigenvalue weighted by Crippen LogP contribution is -2.19. The number of carbonyl (C=O) groups excluding carboxylic acids is 1. The second kappa shape index (κ2) is 6.63. The maximum atomic E-state index is 12.8. The van der Waals surface area contributed by atoms with Gasteiger partial charge in [0.1, 0.15) is 5.82 Å². The first-order chi connectivity index (χ1) is 12.5. The van der Waals surface area contributed by atoms with Crippen molar-refractivity contribution in [3.8, 4) is 11.6 Å². The van der Waals surface area contributed by atoms with Gasteiger partial charge in [0.25, 0.3) is 5.56 Å². The number of nitro groups is 1. The number of esters is 1. The molecule has 0 aliphatic heterocycles. The minimum Gasteiger partial charge on any atom is -0.490 e. The molecule has 3 aromatic rings. The fraction of sp³-hybridized carbons (Fsp3) is 0.118. The van der Waals surface area contributed by atoms with Gasteiger partial charge < -0.3 is 9.47 Å². The summed E-state index contributed by atoms with van der Waals surface area (Å²) in [4.78, 5) is 39.1. The highest BCUT2D eigenvalue weighted by molar-refractivity contribution is 5.88.